The second-order valence-electron chi connectivity index (χ2n) is 6.66. The highest BCUT2D eigenvalue weighted by Crippen LogP contribution is 2.26. The zero-order valence-electron chi connectivity index (χ0n) is 19.1. The van der Waals surface area contributed by atoms with E-state index in [2.05, 4.69) is 63.3 Å². The minimum absolute atomic E-state index is 0.833. The van der Waals surface area contributed by atoms with Crippen molar-refractivity contribution in [3.05, 3.63) is 88.9 Å². The lowest BCUT2D eigenvalue weighted by molar-refractivity contribution is 0.257. The number of para-hydroxylation sites is 1. The Hall–Kier alpha value is -2.48. The minimum atomic E-state index is 0.833. The molecule has 0 N–H and O–H groups in total. The van der Waals surface area contributed by atoms with Crippen LogP contribution in [-0.2, 0) is 17.6 Å². The summed E-state index contributed by atoms with van der Waals surface area (Å²) in [4.78, 5) is 0. The fourth-order valence-corrected chi connectivity index (χ4v) is 3.08. The Morgan fingerprint density at radius 1 is 0.793 bits per heavy atom. The Balaban J connectivity index is 0.000000299. The van der Waals surface area contributed by atoms with E-state index in [4.69, 9.17) is 9.47 Å². The van der Waals surface area contributed by atoms with Crippen LogP contribution in [0.3, 0.4) is 0 Å². The Kier molecular flexibility index (Phi) is 12.3. The summed E-state index contributed by atoms with van der Waals surface area (Å²) in [6, 6.07) is 16.7. The maximum atomic E-state index is 5.95. The molecule has 0 unspecified atom stereocenters. The molecule has 0 heterocycles. The number of hydrogen-bond donors (Lipinski definition) is 0. The lowest BCUT2D eigenvalue weighted by Gasteiger charge is -2.17. The van der Waals surface area contributed by atoms with Gasteiger partial charge in [0.15, 0.2) is 11.5 Å². The standard InChI is InChI=1S/C15H18O2.C10H14.C2H6/c1-3-12-8-4-5-9-13(12)17-15-11-7-6-10-14(15)16-2;1-3-6-10-8-5-4-7-9(10)2;1-2/h4-5,8-11H,3,6-7H2,1-2H3;4-5,7-8H,3,6H2,1-2H3;1-2H3. The van der Waals surface area contributed by atoms with Gasteiger partial charge in [-0.2, -0.15) is 0 Å². The highest BCUT2D eigenvalue weighted by atomic mass is 16.5. The molecule has 0 aliphatic heterocycles. The van der Waals surface area contributed by atoms with E-state index >= 15 is 0 Å². The highest BCUT2D eigenvalue weighted by Gasteiger charge is 2.12. The summed E-state index contributed by atoms with van der Waals surface area (Å²) in [6.45, 7) is 10.5. The van der Waals surface area contributed by atoms with Crippen molar-refractivity contribution in [2.45, 2.75) is 66.7 Å². The van der Waals surface area contributed by atoms with E-state index in [9.17, 15) is 0 Å². The van der Waals surface area contributed by atoms with Crippen LogP contribution in [-0.4, -0.2) is 7.11 Å². The van der Waals surface area contributed by atoms with Crippen LogP contribution in [0.1, 0.15) is 63.6 Å². The third-order valence-corrected chi connectivity index (χ3v) is 4.64. The molecule has 0 radical (unpaired) electrons. The molecule has 2 aromatic rings. The number of rotatable bonds is 6. The fourth-order valence-electron chi connectivity index (χ4n) is 3.08. The van der Waals surface area contributed by atoms with E-state index in [1.54, 1.807) is 7.11 Å². The molecule has 3 rings (SSSR count). The van der Waals surface area contributed by atoms with Gasteiger partial charge in [0, 0.05) is 0 Å². The average molecular weight is 395 g/mol. The van der Waals surface area contributed by atoms with Crippen LogP contribution in [0.25, 0.3) is 0 Å². The molecule has 0 aromatic heterocycles. The maximum absolute atomic E-state index is 5.95. The number of hydrogen-bond acceptors (Lipinski definition) is 2. The van der Waals surface area contributed by atoms with Crippen LogP contribution in [0.4, 0.5) is 0 Å². The summed E-state index contributed by atoms with van der Waals surface area (Å²) >= 11 is 0. The fraction of sp³-hybridized carbons (Fsp3) is 0.407. The molecule has 0 bridgehead atoms. The molecule has 0 spiro atoms. The van der Waals surface area contributed by atoms with Crippen molar-refractivity contribution in [2.75, 3.05) is 7.11 Å². The summed E-state index contributed by atoms with van der Waals surface area (Å²) in [5, 5.41) is 0. The quantitative estimate of drug-likeness (QED) is 0.497. The van der Waals surface area contributed by atoms with Gasteiger partial charge in [-0.1, -0.05) is 76.6 Å². The molecule has 1 aliphatic carbocycles. The van der Waals surface area contributed by atoms with Gasteiger partial charge in [-0.05, 0) is 67.5 Å². The van der Waals surface area contributed by atoms with Crippen LogP contribution < -0.4 is 4.74 Å². The van der Waals surface area contributed by atoms with Crippen LogP contribution >= 0.6 is 0 Å². The van der Waals surface area contributed by atoms with Gasteiger partial charge in [-0.15, -0.1) is 0 Å². The van der Waals surface area contributed by atoms with E-state index in [-0.39, 0.29) is 0 Å². The van der Waals surface area contributed by atoms with Gasteiger partial charge in [0.2, 0.25) is 0 Å². The van der Waals surface area contributed by atoms with Gasteiger partial charge in [0.25, 0.3) is 0 Å². The molecule has 1 aliphatic rings. The average Bonchev–Trinajstić information content (AvgIpc) is 2.78. The van der Waals surface area contributed by atoms with Gasteiger partial charge in [0.05, 0.1) is 7.11 Å². The largest absolute Gasteiger partial charge is 0.493 e. The van der Waals surface area contributed by atoms with Crippen molar-refractivity contribution in [3.63, 3.8) is 0 Å². The number of ether oxygens (including phenoxy) is 2. The highest BCUT2D eigenvalue weighted by molar-refractivity contribution is 5.37. The Morgan fingerprint density at radius 3 is 1.97 bits per heavy atom. The summed E-state index contributed by atoms with van der Waals surface area (Å²) in [7, 11) is 1.68. The lowest BCUT2D eigenvalue weighted by Crippen LogP contribution is -2.05. The molecule has 0 amide bonds. The SMILES string of the molecule is CC.CCCc1ccccc1C.CCc1ccccc1OC1=CCCC=C1OC. The third-order valence-electron chi connectivity index (χ3n) is 4.64. The van der Waals surface area contributed by atoms with Gasteiger partial charge in [-0.25, -0.2) is 0 Å². The van der Waals surface area contributed by atoms with Crippen molar-refractivity contribution < 1.29 is 9.47 Å². The summed E-state index contributed by atoms with van der Waals surface area (Å²) < 4.78 is 11.3. The van der Waals surface area contributed by atoms with Gasteiger partial charge in [0.1, 0.15) is 5.75 Å². The third kappa shape index (κ3) is 8.19. The Morgan fingerprint density at radius 2 is 1.38 bits per heavy atom. The Bertz CT molecular complexity index is 772. The predicted molar refractivity (Wildman–Crippen MR) is 125 cm³/mol. The summed E-state index contributed by atoms with van der Waals surface area (Å²) in [5.41, 5.74) is 4.13. The number of benzene rings is 2. The van der Waals surface area contributed by atoms with Crippen molar-refractivity contribution in [1.29, 1.82) is 0 Å². The second kappa shape index (κ2) is 14.5. The molecule has 29 heavy (non-hydrogen) atoms. The molecular formula is C27H38O2. The van der Waals surface area contributed by atoms with E-state index in [0.717, 1.165) is 36.5 Å². The first kappa shape index (κ1) is 24.6. The topological polar surface area (TPSA) is 18.5 Å². The smallest absolute Gasteiger partial charge is 0.164 e. The van der Waals surface area contributed by atoms with E-state index in [0.29, 0.717) is 0 Å². The maximum Gasteiger partial charge on any atom is 0.164 e. The molecular weight excluding hydrogens is 356 g/mol. The second-order valence-corrected chi connectivity index (χ2v) is 6.66. The van der Waals surface area contributed by atoms with E-state index in [1.165, 1.54) is 29.5 Å². The normalized spacial score (nSPS) is 12.3. The monoisotopic (exact) mass is 394 g/mol. The van der Waals surface area contributed by atoms with Crippen LogP contribution in [0.2, 0.25) is 0 Å². The van der Waals surface area contributed by atoms with Crippen LogP contribution in [0, 0.1) is 6.92 Å². The number of allylic oxidation sites excluding steroid dienone is 2. The molecule has 2 nitrogen and oxygen atoms in total. The molecule has 0 saturated carbocycles. The molecule has 0 fully saturated rings. The first-order chi connectivity index (χ1) is 14.2. The molecule has 0 atom stereocenters. The number of aryl methyl sites for hydroxylation is 3. The first-order valence-corrected chi connectivity index (χ1v) is 10.9. The zero-order valence-corrected chi connectivity index (χ0v) is 19.1. The Labute approximate surface area is 178 Å². The number of methoxy groups -OCH3 is 1. The molecule has 2 aromatic carbocycles. The minimum Gasteiger partial charge on any atom is -0.493 e. The molecule has 158 valence electrons. The molecule has 2 heteroatoms. The van der Waals surface area contributed by atoms with Crippen molar-refractivity contribution in [2.24, 2.45) is 0 Å². The predicted octanol–water partition coefficient (Wildman–Crippen LogP) is 7.81. The van der Waals surface area contributed by atoms with Gasteiger partial charge >= 0.3 is 0 Å². The lowest BCUT2D eigenvalue weighted by atomic mass is 10.1. The van der Waals surface area contributed by atoms with E-state index < -0.39 is 0 Å². The molecule has 0 saturated heterocycles. The van der Waals surface area contributed by atoms with Crippen molar-refractivity contribution in [1.82, 2.24) is 0 Å². The van der Waals surface area contributed by atoms with Gasteiger partial charge in [-0.3, -0.25) is 0 Å². The summed E-state index contributed by atoms with van der Waals surface area (Å²) in [5.74, 6) is 2.59. The summed E-state index contributed by atoms with van der Waals surface area (Å²) in [6.07, 6.45) is 9.62. The van der Waals surface area contributed by atoms with Gasteiger partial charge < -0.3 is 9.47 Å². The van der Waals surface area contributed by atoms with Crippen molar-refractivity contribution in [3.8, 4) is 5.75 Å². The van der Waals surface area contributed by atoms with Crippen LogP contribution in [0.5, 0.6) is 5.75 Å². The van der Waals surface area contributed by atoms with E-state index in [1.807, 2.05) is 32.0 Å². The zero-order chi connectivity index (χ0) is 21.5. The first-order valence-electron chi connectivity index (χ1n) is 10.9. The van der Waals surface area contributed by atoms with Crippen LogP contribution in [0.15, 0.2) is 72.2 Å². The van der Waals surface area contributed by atoms with Crippen molar-refractivity contribution >= 4 is 0 Å².